The zero-order valence-electron chi connectivity index (χ0n) is 8.74. The van der Waals surface area contributed by atoms with Crippen molar-refractivity contribution in [3.8, 4) is 0 Å². The number of amides is 1. The molecule has 1 aromatic heterocycles. The molecule has 2 aromatic rings. The lowest BCUT2D eigenvalue weighted by Crippen LogP contribution is -2.13. The van der Waals surface area contributed by atoms with E-state index in [1.807, 2.05) is 17.5 Å². The number of hydrogen-bond acceptors (Lipinski definition) is 2. The molecule has 0 fully saturated rings. The fraction of sp³-hybridized carbons (Fsp3) is 0.0833. The van der Waals surface area contributed by atoms with Crippen molar-refractivity contribution < 1.29 is 4.79 Å². The van der Waals surface area contributed by atoms with Gasteiger partial charge in [0.05, 0.1) is 11.4 Å². The number of hydrogen-bond donors (Lipinski definition) is 1. The molecule has 2 nitrogen and oxygen atoms in total. The van der Waals surface area contributed by atoms with E-state index in [2.05, 4.69) is 21.2 Å². The second kappa shape index (κ2) is 5.67. The normalized spacial score (nSPS) is 10.2. The minimum Gasteiger partial charge on any atom is -0.326 e. The molecule has 0 atom stereocenters. The van der Waals surface area contributed by atoms with Gasteiger partial charge in [0.1, 0.15) is 0 Å². The molecule has 5 heteroatoms. The number of anilines is 1. The highest BCUT2D eigenvalue weighted by Crippen LogP contribution is 2.25. The van der Waals surface area contributed by atoms with Crippen LogP contribution in [0.2, 0.25) is 5.02 Å². The van der Waals surface area contributed by atoms with Gasteiger partial charge in [-0.15, -0.1) is 11.3 Å². The summed E-state index contributed by atoms with van der Waals surface area (Å²) in [7, 11) is 0. The molecule has 1 aromatic carbocycles. The van der Waals surface area contributed by atoms with Crippen LogP contribution in [0.1, 0.15) is 4.88 Å². The predicted octanol–water partition coefficient (Wildman–Crippen LogP) is 4.35. The number of halogens is 2. The van der Waals surface area contributed by atoms with Gasteiger partial charge in [-0.05, 0) is 45.6 Å². The molecule has 2 rings (SSSR count). The highest BCUT2D eigenvalue weighted by Gasteiger charge is 2.06. The lowest BCUT2D eigenvalue weighted by Gasteiger charge is -2.05. The lowest BCUT2D eigenvalue weighted by atomic mass is 10.3. The van der Waals surface area contributed by atoms with Crippen molar-refractivity contribution in [3.05, 3.63) is 50.1 Å². The SMILES string of the molecule is O=C(Cc1cccs1)Nc1ccc(Cl)c(Br)c1. The topological polar surface area (TPSA) is 29.1 Å². The first-order chi connectivity index (χ1) is 8.15. The smallest absolute Gasteiger partial charge is 0.229 e. The summed E-state index contributed by atoms with van der Waals surface area (Å²) >= 11 is 10.8. The molecule has 1 heterocycles. The molecular weight excluding hydrogens is 322 g/mol. The molecule has 1 N–H and O–H groups in total. The average molecular weight is 331 g/mol. The van der Waals surface area contributed by atoms with Gasteiger partial charge in [0.2, 0.25) is 5.91 Å². The molecule has 0 aliphatic heterocycles. The molecular formula is C12H9BrClNOS. The first-order valence-electron chi connectivity index (χ1n) is 4.92. The van der Waals surface area contributed by atoms with Crippen molar-refractivity contribution in [2.75, 3.05) is 5.32 Å². The summed E-state index contributed by atoms with van der Waals surface area (Å²) in [6, 6.07) is 9.19. The Morgan fingerprint density at radius 2 is 2.24 bits per heavy atom. The average Bonchev–Trinajstić information content (AvgIpc) is 2.76. The Balaban J connectivity index is 2.00. The van der Waals surface area contributed by atoms with Gasteiger partial charge in [-0.1, -0.05) is 17.7 Å². The van der Waals surface area contributed by atoms with Crippen molar-refractivity contribution in [3.63, 3.8) is 0 Å². The Labute approximate surface area is 117 Å². The summed E-state index contributed by atoms with van der Waals surface area (Å²) in [4.78, 5) is 12.8. The molecule has 0 aliphatic rings. The van der Waals surface area contributed by atoms with Crippen molar-refractivity contribution >= 4 is 50.5 Å². The van der Waals surface area contributed by atoms with Crippen molar-refractivity contribution in [2.24, 2.45) is 0 Å². The van der Waals surface area contributed by atoms with Crippen LogP contribution in [0.3, 0.4) is 0 Å². The van der Waals surface area contributed by atoms with Crippen LogP contribution in [0.5, 0.6) is 0 Å². The van der Waals surface area contributed by atoms with Crippen LogP contribution < -0.4 is 5.32 Å². The molecule has 0 unspecified atom stereocenters. The predicted molar refractivity (Wildman–Crippen MR) is 75.8 cm³/mol. The fourth-order valence-corrected chi connectivity index (χ4v) is 2.55. The number of benzene rings is 1. The summed E-state index contributed by atoms with van der Waals surface area (Å²) < 4.78 is 0.771. The Morgan fingerprint density at radius 3 is 2.88 bits per heavy atom. The van der Waals surface area contributed by atoms with Crippen LogP contribution in [-0.2, 0) is 11.2 Å². The van der Waals surface area contributed by atoms with E-state index in [1.54, 1.807) is 29.5 Å². The summed E-state index contributed by atoms with van der Waals surface area (Å²) in [6.45, 7) is 0. The van der Waals surface area contributed by atoms with Crippen LogP contribution in [0.4, 0.5) is 5.69 Å². The second-order valence-electron chi connectivity index (χ2n) is 3.43. The Kier molecular flexibility index (Phi) is 4.20. The third-order valence-corrected chi connectivity index (χ3v) is 4.21. The first kappa shape index (κ1) is 12.6. The molecule has 1 amide bonds. The zero-order valence-corrected chi connectivity index (χ0v) is 11.9. The van der Waals surface area contributed by atoms with E-state index in [0.717, 1.165) is 15.0 Å². The van der Waals surface area contributed by atoms with Crippen LogP contribution in [-0.4, -0.2) is 5.91 Å². The van der Waals surface area contributed by atoms with Gasteiger partial charge in [-0.3, -0.25) is 4.79 Å². The summed E-state index contributed by atoms with van der Waals surface area (Å²) in [6.07, 6.45) is 0.401. The van der Waals surface area contributed by atoms with Crippen LogP contribution in [0.15, 0.2) is 40.2 Å². The van der Waals surface area contributed by atoms with Gasteiger partial charge in [0, 0.05) is 15.0 Å². The van der Waals surface area contributed by atoms with Crippen LogP contribution in [0, 0.1) is 0 Å². The molecule has 0 saturated carbocycles. The highest BCUT2D eigenvalue weighted by atomic mass is 79.9. The number of rotatable bonds is 3. The van der Waals surface area contributed by atoms with Gasteiger partial charge in [0.15, 0.2) is 0 Å². The third kappa shape index (κ3) is 3.56. The minimum atomic E-state index is -0.0262. The second-order valence-corrected chi connectivity index (χ2v) is 5.73. The van der Waals surface area contributed by atoms with Crippen LogP contribution in [0.25, 0.3) is 0 Å². The van der Waals surface area contributed by atoms with Crippen molar-refractivity contribution in [1.29, 1.82) is 0 Å². The zero-order chi connectivity index (χ0) is 12.3. The quantitative estimate of drug-likeness (QED) is 0.891. The first-order valence-corrected chi connectivity index (χ1v) is 6.97. The maximum absolute atomic E-state index is 11.7. The molecule has 0 aliphatic carbocycles. The number of thiophene rings is 1. The molecule has 0 saturated heterocycles. The van der Waals surface area contributed by atoms with E-state index in [4.69, 9.17) is 11.6 Å². The molecule has 0 spiro atoms. The summed E-state index contributed by atoms with van der Waals surface area (Å²) in [5.74, 6) is -0.0262. The highest BCUT2D eigenvalue weighted by molar-refractivity contribution is 9.10. The fourth-order valence-electron chi connectivity index (χ4n) is 1.35. The van der Waals surface area contributed by atoms with Crippen molar-refractivity contribution in [2.45, 2.75) is 6.42 Å². The largest absolute Gasteiger partial charge is 0.326 e. The lowest BCUT2D eigenvalue weighted by molar-refractivity contribution is -0.115. The van der Waals surface area contributed by atoms with Crippen LogP contribution >= 0.6 is 38.9 Å². The summed E-state index contributed by atoms with van der Waals surface area (Å²) in [5, 5.41) is 5.41. The maximum atomic E-state index is 11.7. The standard InChI is InChI=1S/C12H9BrClNOS/c13-10-6-8(3-4-11(10)14)15-12(16)7-9-2-1-5-17-9/h1-6H,7H2,(H,15,16). The maximum Gasteiger partial charge on any atom is 0.229 e. The minimum absolute atomic E-state index is 0.0262. The van der Waals surface area contributed by atoms with E-state index in [9.17, 15) is 4.79 Å². The van der Waals surface area contributed by atoms with E-state index in [0.29, 0.717) is 11.4 Å². The van der Waals surface area contributed by atoms with Gasteiger partial charge in [-0.25, -0.2) is 0 Å². The van der Waals surface area contributed by atoms with E-state index in [1.165, 1.54) is 0 Å². The number of carbonyl (C=O) groups is 1. The van der Waals surface area contributed by atoms with E-state index >= 15 is 0 Å². The Hall–Kier alpha value is -0.840. The number of nitrogens with one attached hydrogen (secondary N) is 1. The molecule has 88 valence electrons. The molecule has 0 radical (unpaired) electrons. The monoisotopic (exact) mass is 329 g/mol. The van der Waals surface area contributed by atoms with Gasteiger partial charge in [-0.2, -0.15) is 0 Å². The van der Waals surface area contributed by atoms with E-state index in [-0.39, 0.29) is 5.91 Å². The van der Waals surface area contributed by atoms with E-state index < -0.39 is 0 Å². The summed E-state index contributed by atoms with van der Waals surface area (Å²) in [5.41, 5.74) is 0.739. The molecule has 17 heavy (non-hydrogen) atoms. The Morgan fingerprint density at radius 1 is 1.41 bits per heavy atom. The Bertz CT molecular complexity index is 527. The molecule has 0 bridgehead atoms. The van der Waals surface area contributed by atoms with Gasteiger partial charge >= 0.3 is 0 Å². The van der Waals surface area contributed by atoms with Gasteiger partial charge in [0.25, 0.3) is 0 Å². The van der Waals surface area contributed by atoms with Crippen molar-refractivity contribution in [1.82, 2.24) is 0 Å². The number of carbonyl (C=O) groups excluding carboxylic acids is 1. The van der Waals surface area contributed by atoms with Gasteiger partial charge < -0.3 is 5.32 Å². The third-order valence-electron chi connectivity index (χ3n) is 2.12.